The van der Waals surface area contributed by atoms with Crippen molar-refractivity contribution in [1.29, 1.82) is 0 Å². The van der Waals surface area contributed by atoms with Crippen LogP contribution < -0.4 is 10.6 Å². The van der Waals surface area contributed by atoms with Crippen molar-refractivity contribution in [3.05, 3.63) is 98.5 Å². The minimum atomic E-state index is -2.11. The summed E-state index contributed by atoms with van der Waals surface area (Å²) in [5.74, 6) is 0.0164. The van der Waals surface area contributed by atoms with Gasteiger partial charge in [-0.25, -0.2) is 0 Å². The fourth-order valence-electron chi connectivity index (χ4n) is 4.39. The van der Waals surface area contributed by atoms with Gasteiger partial charge in [0.15, 0.2) is 8.32 Å². The Morgan fingerprint density at radius 2 is 1.69 bits per heavy atom. The van der Waals surface area contributed by atoms with Crippen molar-refractivity contribution in [1.82, 2.24) is 10.6 Å². The minimum absolute atomic E-state index is 0.0300. The lowest BCUT2D eigenvalue weighted by atomic mass is 10.0. The summed E-state index contributed by atoms with van der Waals surface area (Å²) in [6.07, 6.45) is 0.834. The molecule has 42 heavy (non-hydrogen) atoms. The number of benzene rings is 3. The van der Waals surface area contributed by atoms with Crippen LogP contribution in [0, 0.1) is 0 Å². The second-order valence-electron chi connectivity index (χ2n) is 12.4. The third-order valence-electron chi connectivity index (χ3n) is 7.91. The molecule has 3 aromatic carbocycles. The predicted molar refractivity (Wildman–Crippen MR) is 175 cm³/mol. The highest BCUT2D eigenvalue weighted by Gasteiger charge is 2.39. The number of amides is 1. The highest BCUT2D eigenvalue weighted by Crippen LogP contribution is 2.40. The first-order valence-corrected chi connectivity index (χ1v) is 18.0. The van der Waals surface area contributed by atoms with Gasteiger partial charge in [0.05, 0.1) is 29.2 Å². The van der Waals surface area contributed by atoms with Gasteiger partial charge in [-0.15, -0.1) is 0 Å². The molecule has 0 aliphatic heterocycles. The molecule has 6 nitrogen and oxygen atoms in total. The van der Waals surface area contributed by atoms with Crippen LogP contribution in [0.5, 0.6) is 5.75 Å². The Labute approximate surface area is 261 Å². The lowest BCUT2D eigenvalue weighted by molar-refractivity contribution is -0.120. The summed E-state index contributed by atoms with van der Waals surface area (Å²) in [6, 6.07) is 18.9. The van der Waals surface area contributed by atoms with E-state index in [2.05, 4.69) is 63.6 Å². The molecule has 0 aromatic heterocycles. The Hall–Kier alpha value is -2.39. The van der Waals surface area contributed by atoms with Gasteiger partial charge in [-0.1, -0.05) is 80.4 Å². The molecule has 0 spiro atoms. The Morgan fingerprint density at radius 1 is 0.976 bits per heavy atom. The highest BCUT2D eigenvalue weighted by atomic mass is 35.5. The van der Waals surface area contributed by atoms with Crippen LogP contribution in [0.4, 0.5) is 0 Å². The first-order chi connectivity index (χ1) is 19.7. The number of hydrogen-bond donors (Lipinski definition) is 4. The van der Waals surface area contributed by atoms with Gasteiger partial charge >= 0.3 is 0 Å². The summed E-state index contributed by atoms with van der Waals surface area (Å²) < 4.78 is 6.81. The predicted octanol–water partition coefficient (Wildman–Crippen LogP) is 7.33. The number of aliphatic hydroxyl groups excluding tert-OH is 1. The van der Waals surface area contributed by atoms with E-state index in [0.29, 0.717) is 28.7 Å². The van der Waals surface area contributed by atoms with Gasteiger partial charge in [-0.05, 0) is 78.0 Å². The molecule has 0 saturated heterocycles. The maximum atomic E-state index is 12.6. The smallest absolute Gasteiger partial charge is 0.224 e. The van der Waals surface area contributed by atoms with Gasteiger partial charge in [0, 0.05) is 24.7 Å². The van der Waals surface area contributed by atoms with Crippen LogP contribution in [0.3, 0.4) is 0 Å². The normalized spacial score (nSPS) is 13.5. The first kappa shape index (κ1) is 34.1. The van der Waals surface area contributed by atoms with Crippen LogP contribution in [0.1, 0.15) is 61.6 Å². The summed E-state index contributed by atoms with van der Waals surface area (Å²) in [4.78, 5) is 12.6. The number of carbonyl (C=O) groups is 1. The summed E-state index contributed by atoms with van der Waals surface area (Å²) in [7, 11) is -2.11. The number of aliphatic hydroxyl groups is 1. The Morgan fingerprint density at radius 3 is 2.36 bits per heavy atom. The van der Waals surface area contributed by atoms with Gasteiger partial charge in [-0.3, -0.25) is 4.79 Å². The Kier molecular flexibility index (Phi) is 12.1. The zero-order chi connectivity index (χ0) is 31.1. The third kappa shape index (κ3) is 9.83. The summed E-state index contributed by atoms with van der Waals surface area (Å²) in [6.45, 7) is 14.0. The molecule has 4 N–H and O–H groups in total. The van der Waals surface area contributed by atoms with Crippen LogP contribution in [0.25, 0.3) is 0 Å². The number of carbonyl (C=O) groups excluding carboxylic acids is 1. The lowest BCUT2D eigenvalue weighted by Crippen LogP contribution is -2.44. The van der Waals surface area contributed by atoms with E-state index in [0.717, 1.165) is 28.7 Å². The quantitative estimate of drug-likeness (QED) is 0.148. The number of nitrogens with one attached hydrogen (secondary N) is 2. The molecule has 1 amide bonds. The SMILES string of the molecule is C[C@H](Cc1cccc(CC(=O)NCc2ccc(Cl)c(Cl)c2)c1)NC[C@@H](O[Si](C)(C)C(C)(C)C)c1ccc(O)c(CO)c1. The van der Waals surface area contributed by atoms with Crippen molar-refractivity contribution in [3.8, 4) is 5.75 Å². The van der Waals surface area contributed by atoms with Crippen LogP contribution in [-0.2, 0) is 35.2 Å². The molecule has 0 saturated carbocycles. The fraction of sp³-hybridized carbons (Fsp3) is 0.424. The largest absolute Gasteiger partial charge is 0.508 e. The van der Waals surface area contributed by atoms with Gasteiger partial charge in [0.25, 0.3) is 0 Å². The highest BCUT2D eigenvalue weighted by molar-refractivity contribution is 6.74. The van der Waals surface area contributed by atoms with E-state index in [1.54, 1.807) is 18.2 Å². The third-order valence-corrected chi connectivity index (χ3v) is 13.1. The summed E-state index contributed by atoms with van der Waals surface area (Å²) in [5.41, 5.74) is 4.39. The van der Waals surface area contributed by atoms with Crippen molar-refractivity contribution < 1.29 is 19.4 Å². The van der Waals surface area contributed by atoms with E-state index < -0.39 is 8.32 Å². The van der Waals surface area contributed by atoms with Crippen molar-refractivity contribution >= 4 is 37.4 Å². The molecular weight excluding hydrogens is 587 g/mol. The molecule has 0 heterocycles. The van der Waals surface area contributed by atoms with Gasteiger partial charge in [0.2, 0.25) is 5.91 Å². The molecule has 3 rings (SSSR count). The van der Waals surface area contributed by atoms with Crippen LogP contribution in [-0.4, -0.2) is 37.0 Å². The molecule has 0 aliphatic rings. The average molecular weight is 632 g/mol. The number of phenols is 1. The second-order valence-corrected chi connectivity index (χ2v) is 18.0. The Balaban J connectivity index is 1.62. The van der Waals surface area contributed by atoms with Crippen LogP contribution in [0.15, 0.2) is 60.7 Å². The fourth-order valence-corrected chi connectivity index (χ4v) is 6.00. The molecule has 9 heteroatoms. The van der Waals surface area contributed by atoms with E-state index >= 15 is 0 Å². The molecule has 0 unspecified atom stereocenters. The monoisotopic (exact) mass is 630 g/mol. The zero-order valence-corrected chi connectivity index (χ0v) is 27.9. The van der Waals surface area contributed by atoms with Gasteiger partial charge < -0.3 is 25.3 Å². The first-order valence-electron chi connectivity index (χ1n) is 14.3. The van der Waals surface area contributed by atoms with E-state index in [4.69, 9.17) is 27.6 Å². The number of rotatable bonds is 13. The average Bonchev–Trinajstić information content (AvgIpc) is 2.91. The minimum Gasteiger partial charge on any atom is -0.508 e. The van der Waals surface area contributed by atoms with Crippen molar-refractivity contribution in [3.63, 3.8) is 0 Å². The number of aromatic hydroxyl groups is 1. The van der Waals surface area contributed by atoms with Crippen LogP contribution in [0.2, 0.25) is 28.2 Å². The van der Waals surface area contributed by atoms with E-state index in [1.807, 2.05) is 30.3 Å². The summed E-state index contributed by atoms with van der Waals surface area (Å²) >= 11 is 12.1. The summed E-state index contributed by atoms with van der Waals surface area (Å²) in [5, 5.41) is 27.4. The van der Waals surface area contributed by atoms with E-state index in [1.165, 1.54) is 0 Å². The molecule has 0 fully saturated rings. The van der Waals surface area contributed by atoms with E-state index in [-0.39, 0.29) is 41.9 Å². The van der Waals surface area contributed by atoms with Gasteiger partial charge in [-0.2, -0.15) is 0 Å². The van der Waals surface area contributed by atoms with Crippen molar-refractivity contribution in [2.45, 2.75) is 84.0 Å². The maximum absolute atomic E-state index is 12.6. The molecule has 0 aliphatic carbocycles. The lowest BCUT2D eigenvalue weighted by Gasteiger charge is -2.40. The van der Waals surface area contributed by atoms with Crippen molar-refractivity contribution in [2.75, 3.05) is 6.54 Å². The second kappa shape index (κ2) is 14.9. The van der Waals surface area contributed by atoms with Crippen LogP contribution >= 0.6 is 23.2 Å². The van der Waals surface area contributed by atoms with Gasteiger partial charge in [0.1, 0.15) is 5.75 Å². The maximum Gasteiger partial charge on any atom is 0.224 e. The number of hydrogen-bond acceptors (Lipinski definition) is 5. The van der Waals surface area contributed by atoms with E-state index in [9.17, 15) is 15.0 Å². The molecule has 228 valence electrons. The number of halogens is 2. The van der Waals surface area contributed by atoms with Crippen molar-refractivity contribution in [2.24, 2.45) is 0 Å². The molecular formula is C33H44Cl2N2O4Si. The molecule has 0 radical (unpaired) electrons. The molecule has 3 aromatic rings. The standard InChI is InChI=1S/C33H44Cl2N2O4Si/c1-22(36-20-31(41-42(5,6)33(2,3)4)26-11-13-30(39)27(18-26)21-38)14-23-8-7-9-24(15-23)17-32(40)37-19-25-10-12-28(34)29(35)16-25/h7-13,15-16,18,22,31,36,38-39H,14,17,19-21H2,1-6H3,(H,37,40)/t22-,31-/m1/s1. The molecule has 2 atom stereocenters. The Bertz CT molecular complexity index is 1360. The topological polar surface area (TPSA) is 90.8 Å². The zero-order valence-electron chi connectivity index (χ0n) is 25.4. The molecule has 0 bridgehead atoms.